The summed E-state index contributed by atoms with van der Waals surface area (Å²) >= 11 is 0. The number of ether oxygens (including phenoxy) is 2. The van der Waals surface area contributed by atoms with Gasteiger partial charge in [-0.2, -0.15) is 0 Å². The highest BCUT2D eigenvalue weighted by atomic mass is 16.5. The van der Waals surface area contributed by atoms with Gasteiger partial charge < -0.3 is 20.1 Å². The molecule has 0 aliphatic carbocycles. The van der Waals surface area contributed by atoms with E-state index >= 15 is 0 Å². The number of nitrogens with one attached hydrogen (secondary N) is 2. The minimum absolute atomic E-state index is 0.0606. The van der Waals surface area contributed by atoms with E-state index in [9.17, 15) is 9.59 Å². The van der Waals surface area contributed by atoms with Crippen LogP contribution in [0.1, 0.15) is 21.5 Å². The summed E-state index contributed by atoms with van der Waals surface area (Å²) in [5.41, 5.74) is 2.83. The molecule has 0 saturated carbocycles. The first-order valence-corrected chi connectivity index (χ1v) is 8.38. The van der Waals surface area contributed by atoms with Gasteiger partial charge in [0.1, 0.15) is 11.5 Å². The van der Waals surface area contributed by atoms with E-state index in [1.54, 1.807) is 31.4 Å². The minimum Gasteiger partial charge on any atom is -0.497 e. The summed E-state index contributed by atoms with van der Waals surface area (Å²) in [5.74, 6) is 0.920. The van der Waals surface area contributed by atoms with E-state index in [-0.39, 0.29) is 18.4 Å². The number of hydrogen-bond acceptors (Lipinski definition) is 4. The third-order valence-corrected chi connectivity index (χ3v) is 3.93. The molecule has 26 heavy (non-hydrogen) atoms. The van der Waals surface area contributed by atoms with Gasteiger partial charge in [0.15, 0.2) is 6.61 Å². The minimum atomic E-state index is -0.234. The van der Waals surface area contributed by atoms with Gasteiger partial charge in [-0.05, 0) is 61.4 Å². The number of carbonyl (C=O) groups is 2. The average Bonchev–Trinajstić information content (AvgIpc) is 2.66. The molecule has 2 rings (SSSR count). The van der Waals surface area contributed by atoms with Gasteiger partial charge in [-0.1, -0.05) is 6.07 Å². The lowest BCUT2D eigenvalue weighted by molar-refractivity contribution is -0.123. The normalized spacial score (nSPS) is 10.1. The van der Waals surface area contributed by atoms with E-state index in [2.05, 4.69) is 10.6 Å². The van der Waals surface area contributed by atoms with Crippen molar-refractivity contribution in [1.29, 1.82) is 0 Å². The molecule has 0 aliphatic heterocycles. The zero-order valence-corrected chi connectivity index (χ0v) is 15.3. The van der Waals surface area contributed by atoms with E-state index in [4.69, 9.17) is 9.47 Å². The number of methoxy groups -OCH3 is 1. The van der Waals surface area contributed by atoms with E-state index in [0.29, 0.717) is 30.2 Å². The molecule has 2 amide bonds. The van der Waals surface area contributed by atoms with Gasteiger partial charge in [0, 0.05) is 18.7 Å². The SMILES string of the molecule is COc1ccc(C(=O)NCCNC(=O)COc2ccc(C)c(C)c2)cc1. The van der Waals surface area contributed by atoms with Crippen LogP contribution in [0.25, 0.3) is 0 Å². The molecule has 0 bridgehead atoms. The molecule has 138 valence electrons. The predicted octanol–water partition coefficient (Wildman–Crippen LogP) is 2.24. The van der Waals surface area contributed by atoms with E-state index < -0.39 is 0 Å². The number of amides is 2. The second-order valence-electron chi connectivity index (χ2n) is 5.87. The Labute approximate surface area is 153 Å². The highest BCUT2D eigenvalue weighted by molar-refractivity contribution is 5.94. The third kappa shape index (κ3) is 5.81. The average molecular weight is 356 g/mol. The summed E-state index contributed by atoms with van der Waals surface area (Å²) in [5, 5.41) is 5.45. The molecule has 0 fully saturated rings. The molecule has 0 radical (unpaired) electrons. The first-order valence-electron chi connectivity index (χ1n) is 8.38. The van der Waals surface area contributed by atoms with Crippen LogP contribution in [-0.2, 0) is 4.79 Å². The molecule has 6 heteroatoms. The van der Waals surface area contributed by atoms with Crippen molar-refractivity contribution >= 4 is 11.8 Å². The lowest BCUT2D eigenvalue weighted by Gasteiger charge is -2.10. The van der Waals surface area contributed by atoms with Crippen molar-refractivity contribution in [3.63, 3.8) is 0 Å². The van der Waals surface area contributed by atoms with Crippen molar-refractivity contribution in [2.24, 2.45) is 0 Å². The van der Waals surface area contributed by atoms with Crippen molar-refractivity contribution < 1.29 is 19.1 Å². The molecular weight excluding hydrogens is 332 g/mol. The van der Waals surface area contributed by atoms with E-state index in [0.717, 1.165) is 5.56 Å². The second kappa shape index (κ2) is 9.46. The molecule has 0 heterocycles. The molecule has 2 aromatic rings. The van der Waals surface area contributed by atoms with Crippen LogP contribution < -0.4 is 20.1 Å². The summed E-state index contributed by atoms with van der Waals surface area (Å²) < 4.78 is 10.5. The Morgan fingerprint density at radius 2 is 1.54 bits per heavy atom. The molecule has 0 aromatic heterocycles. The Balaban J connectivity index is 1.66. The molecule has 0 atom stereocenters. The third-order valence-electron chi connectivity index (χ3n) is 3.93. The van der Waals surface area contributed by atoms with E-state index in [1.165, 1.54) is 5.56 Å². The molecule has 0 spiro atoms. The number of aryl methyl sites for hydroxylation is 2. The van der Waals surface area contributed by atoms with Gasteiger partial charge in [0.05, 0.1) is 7.11 Å². The zero-order valence-electron chi connectivity index (χ0n) is 15.3. The van der Waals surface area contributed by atoms with E-state index in [1.807, 2.05) is 32.0 Å². The maximum atomic E-state index is 12.0. The quantitative estimate of drug-likeness (QED) is 0.711. The van der Waals surface area contributed by atoms with Crippen LogP contribution in [0.3, 0.4) is 0 Å². The first kappa shape index (κ1) is 19.3. The first-order chi connectivity index (χ1) is 12.5. The van der Waals surface area contributed by atoms with Gasteiger partial charge in [-0.15, -0.1) is 0 Å². The summed E-state index contributed by atoms with van der Waals surface area (Å²) in [6, 6.07) is 12.5. The second-order valence-corrected chi connectivity index (χ2v) is 5.87. The van der Waals surface area contributed by atoms with Crippen LogP contribution in [0.2, 0.25) is 0 Å². The van der Waals surface area contributed by atoms with Crippen LogP contribution in [0.5, 0.6) is 11.5 Å². The van der Waals surface area contributed by atoms with Gasteiger partial charge in [-0.3, -0.25) is 9.59 Å². The van der Waals surface area contributed by atoms with Crippen LogP contribution in [-0.4, -0.2) is 38.6 Å². The van der Waals surface area contributed by atoms with Crippen molar-refractivity contribution in [1.82, 2.24) is 10.6 Å². The van der Waals surface area contributed by atoms with Crippen molar-refractivity contribution in [2.45, 2.75) is 13.8 Å². The van der Waals surface area contributed by atoms with Gasteiger partial charge >= 0.3 is 0 Å². The van der Waals surface area contributed by atoms with Crippen LogP contribution in [0.15, 0.2) is 42.5 Å². The number of benzene rings is 2. The largest absolute Gasteiger partial charge is 0.497 e. The molecule has 2 N–H and O–H groups in total. The van der Waals surface area contributed by atoms with Crippen molar-refractivity contribution in [3.05, 3.63) is 59.2 Å². The Morgan fingerprint density at radius 1 is 0.885 bits per heavy atom. The maximum Gasteiger partial charge on any atom is 0.258 e. The topological polar surface area (TPSA) is 76.7 Å². The Morgan fingerprint density at radius 3 is 2.19 bits per heavy atom. The predicted molar refractivity (Wildman–Crippen MR) is 99.7 cm³/mol. The molecule has 0 unspecified atom stereocenters. The van der Waals surface area contributed by atoms with Gasteiger partial charge in [0.2, 0.25) is 0 Å². The lowest BCUT2D eigenvalue weighted by atomic mass is 10.1. The Hall–Kier alpha value is -3.02. The highest BCUT2D eigenvalue weighted by Gasteiger charge is 2.06. The maximum absolute atomic E-state index is 12.0. The molecule has 0 aliphatic rings. The number of hydrogen-bond donors (Lipinski definition) is 2. The van der Waals surface area contributed by atoms with Gasteiger partial charge in [-0.25, -0.2) is 0 Å². The standard InChI is InChI=1S/C20H24N2O4/c1-14-4-7-18(12-15(14)2)26-13-19(23)21-10-11-22-20(24)16-5-8-17(25-3)9-6-16/h4-9,12H,10-11,13H2,1-3H3,(H,21,23)(H,22,24). The summed E-state index contributed by atoms with van der Waals surface area (Å²) in [7, 11) is 1.57. The van der Waals surface area contributed by atoms with Crippen molar-refractivity contribution in [2.75, 3.05) is 26.8 Å². The summed E-state index contributed by atoms with van der Waals surface area (Å²) in [6.07, 6.45) is 0. The fraction of sp³-hybridized carbons (Fsp3) is 0.300. The molecule has 2 aromatic carbocycles. The Bertz CT molecular complexity index is 757. The lowest BCUT2D eigenvalue weighted by Crippen LogP contribution is -2.36. The fourth-order valence-corrected chi connectivity index (χ4v) is 2.23. The van der Waals surface area contributed by atoms with Crippen LogP contribution in [0, 0.1) is 13.8 Å². The van der Waals surface area contributed by atoms with Gasteiger partial charge in [0.25, 0.3) is 11.8 Å². The molecule has 6 nitrogen and oxygen atoms in total. The summed E-state index contributed by atoms with van der Waals surface area (Å²) in [4.78, 5) is 23.8. The van der Waals surface area contributed by atoms with Crippen LogP contribution >= 0.6 is 0 Å². The molecular formula is C20H24N2O4. The number of rotatable bonds is 8. The fourth-order valence-electron chi connectivity index (χ4n) is 2.23. The zero-order chi connectivity index (χ0) is 18.9. The highest BCUT2D eigenvalue weighted by Crippen LogP contribution is 2.16. The monoisotopic (exact) mass is 356 g/mol. The van der Waals surface area contributed by atoms with Crippen molar-refractivity contribution in [3.8, 4) is 11.5 Å². The van der Waals surface area contributed by atoms with Crippen LogP contribution in [0.4, 0.5) is 0 Å². The Kier molecular flexibility index (Phi) is 7.02. The number of carbonyl (C=O) groups excluding carboxylic acids is 2. The summed E-state index contributed by atoms with van der Waals surface area (Å²) in [6.45, 7) is 4.62. The smallest absolute Gasteiger partial charge is 0.258 e. The molecule has 0 saturated heterocycles.